The monoisotopic (exact) mass is 466 g/mol. The van der Waals surface area contributed by atoms with Crippen LogP contribution in [0.15, 0.2) is 60.7 Å². The number of hydrogen-bond donors (Lipinski definition) is 1. The van der Waals surface area contributed by atoms with Gasteiger partial charge in [0.2, 0.25) is 0 Å². The Bertz CT molecular complexity index is 1270. The molecular weight excluding hydrogens is 445 g/mol. The van der Waals surface area contributed by atoms with Crippen molar-refractivity contribution in [2.45, 2.75) is 25.6 Å². The van der Waals surface area contributed by atoms with Gasteiger partial charge in [0.15, 0.2) is 0 Å². The Morgan fingerprint density at radius 3 is 2.47 bits per heavy atom. The normalized spacial score (nSPS) is 15.6. The predicted molar refractivity (Wildman–Crippen MR) is 122 cm³/mol. The van der Waals surface area contributed by atoms with E-state index in [2.05, 4.69) is 15.2 Å². The fourth-order valence-electron chi connectivity index (χ4n) is 4.38. The van der Waals surface area contributed by atoms with Gasteiger partial charge in [-0.1, -0.05) is 24.3 Å². The second-order valence-corrected chi connectivity index (χ2v) is 8.31. The lowest BCUT2D eigenvalue weighted by Crippen LogP contribution is -2.24. The average molecular weight is 466 g/mol. The molecule has 34 heavy (non-hydrogen) atoms. The SMILES string of the molecule is O=C(Nc1cccc2c1C(=O)N(c1cccc(C(F)(F)F)c1)C2)c1cccc(N2CCCC2)n1. The standard InChI is InChI=1S/C25H21F3N4O2/c26-25(27,28)17-7-4-8-18(14-17)32-15-16-6-3-9-19(22(16)24(32)34)30-23(33)20-10-5-11-21(29-20)31-12-1-2-13-31/h3-11,14H,1-2,12-13,15H2,(H,30,33). The quantitative estimate of drug-likeness (QED) is 0.580. The van der Waals surface area contributed by atoms with Gasteiger partial charge in [-0.05, 0) is 54.8 Å². The van der Waals surface area contributed by atoms with Crippen molar-refractivity contribution >= 4 is 29.0 Å². The summed E-state index contributed by atoms with van der Waals surface area (Å²) in [6, 6.07) is 14.9. The number of pyridine rings is 1. The molecule has 0 unspecified atom stereocenters. The molecule has 3 heterocycles. The van der Waals surface area contributed by atoms with Crippen molar-refractivity contribution in [3.8, 4) is 0 Å². The number of anilines is 3. The molecule has 6 nitrogen and oxygen atoms in total. The van der Waals surface area contributed by atoms with Gasteiger partial charge >= 0.3 is 6.18 Å². The van der Waals surface area contributed by atoms with E-state index in [-0.39, 0.29) is 23.5 Å². The maximum Gasteiger partial charge on any atom is 0.416 e. The molecular formula is C25H21F3N4O2. The third-order valence-corrected chi connectivity index (χ3v) is 6.07. The second-order valence-electron chi connectivity index (χ2n) is 8.31. The van der Waals surface area contributed by atoms with Crippen molar-refractivity contribution in [2.24, 2.45) is 0 Å². The number of aromatic nitrogens is 1. The first kappa shape index (κ1) is 21.9. The Kier molecular flexibility index (Phi) is 5.47. The zero-order chi connectivity index (χ0) is 23.9. The highest BCUT2D eigenvalue weighted by molar-refractivity contribution is 6.16. The van der Waals surface area contributed by atoms with Gasteiger partial charge in [-0.25, -0.2) is 4.98 Å². The largest absolute Gasteiger partial charge is 0.416 e. The van der Waals surface area contributed by atoms with E-state index in [4.69, 9.17) is 0 Å². The zero-order valence-corrected chi connectivity index (χ0v) is 18.1. The van der Waals surface area contributed by atoms with E-state index in [0.29, 0.717) is 11.3 Å². The van der Waals surface area contributed by atoms with Crippen LogP contribution in [0, 0.1) is 0 Å². The van der Waals surface area contributed by atoms with E-state index in [1.165, 1.54) is 17.0 Å². The van der Waals surface area contributed by atoms with Crippen molar-refractivity contribution in [1.29, 1.82) is 0 Å². The maximum atomic E-state index is 13.2. The molecule has 0 atom stereocenters. The number of alkyl halides is 3. The van der Waals surface area contributed by atoms with Gasteiger partial charge in [-0.15, -0.1) is 0 Å². The number of rotatable bonds is 4. The number of nitrogens with one attached hydrogen (secondary N) is 1. The molecule has 2 aromatic carbocycles. The number of carbonyl (C=O) groups excluding carboxylic acids is 2. The number of halogens is 3. The first-order valence-corrected chi connectivity index (χ1v) is 11.0. The summed E-state index contributed by atoms with van der Waals surface area (Å²) in [5.74, 6) is -0.195. The molecule has 5 rings (SSSR count). The Balaban J connectivity index is 1.40. The molecule has 0 aliphatic carbocycles. The van der Waals surface area contributed by atoms with E-state index in [1.54, 1.807) is 30.3 Å². The fourth-order valence-corrected chi connectivity index (χ4v) is 4.38. The van der Waals surface area contributed by atoms with Gasteiger partial charge in [0, 0.05) is 18.8 Å². The summed E-state index contributed by atoms with van der Waals surface area (Å²) in [6.07, 6.45) is -2.35. The molecule has 0 spiro atoms. The first-order valence-electron chi connectivity index (χ1n) is 11.0. The van der Waals surface area contributed by atoms with E-state index >= 15 is 0 Å². The van der Waals surface area contributed by atoms with Gasteiger partial charge < -0.3 is 15.1 Å². The van der Waals surface area contributed by atoms with Gasteiger partial charge in [-0.3, -0.25) is 9.59 Å². The van der Waals surface area contributed by atoms with Gasteiger partial charge in [0.1, 0.15) is 11.5 Å². The minimum atomic E-state index is -4.51. The Morgan fingerprint density at radius 2 is 1.71 bits per heavy atom. The number of nitrogens with zero attached hydrogens (tertiary/aromatic N) is 3. The van der Waals surface area contributed by atoms with Crippen LogP contribution in [0.5, 0.6) is 0 Å². The highest BCUT2D eigenvalue weighted by Crippen LogP contribution is 2.36. The van der Waals surface area contributed by atoms with Crippen molar-refractivity contribution in [2.75, 3.05) is 28.2 Å². The number of carbonyl (C=O) groups is 2. The Morgan fingerprint density at radius 1 is 0.971 bits per heavy atom. The summed E-state index contributed by atoms with van der Waals surface area (Å²) >= 11 is 0. The molecule has 0 radical (unpaired) electrons. The number of hydrogen-bond acceptors (Lipinski definition) is 4. The van der Waals surface area contributed by atoms with Crippen molar-refractivity contribution < 1.29 is 22.8 Å². The van der Waals surface area contributed by atoms with E-state index in [9.17, 15) is 22.8 Å². The van der Waals surface area contributed by atoms with Crippen LogP contribution in [-0.2, 0) is 12.7 Å². The number of fused-ring (bicyclic) bond motifs is 1. The smallest absolute Gasteiger partial charge is 0.357 e. The van der Waals surface area contributed by atoms with Gasteiger partial charge in [-0.2, -0.15) is 13.2 Å². The maximum absolute atomic E-state index is 13.2. The van der Waals surface area contributed by atoms with Crippen LogP contribution >= 0.6 is 0 Å². The van der Waals surface area contributed by atoms with E-state index in [0.717, 1.165) is 43.9 Å². The third kappa shape index (κ3) is 4.09. The number of benzene rings is 2. The second kappa shape index (κ2) is 8.48. The summed E-state index contributed by atoms with van der Waals surface area (Å²) in [7, 11) is 0. The molecule has 0 bridgehead atoms. The Labute approximate surface area is 194 Å². The predicted octanol–water partition coefficient (Wildman–Crippen LogP) is 5.11. The molecule has 1 aromatic heterocycles. The molecule has 3 aromatic rings. The van der Waals surface area contributed by atoms with Crippen LogP contribution < -0.4 is 15.1 Å². The van der Waals surface area contributed by atoms with Gasteiger partial charge in [0.05, 0.1) is 23.4 Å². The summed E-state index contributed by atoms with van der Waals surface area (Å²) in [5.41, 5.74) is 0.736. The molecule has 2 aliphatic rings. The third-order valence-electron chi connectivity index (χ3n) is 6.07. The summed E-state index contributed by atoms with van der Waals surface area (Å²) in [6.45, 7) is 1.90. The van der Waals surface area contributed by atoms with E-state index in [1.807, 2.05) is 6.07 Å². The summed E-state index contributed by atoms with van der Waals surface area (Å²) < 4.78 is 39.5. The lowest BCUT2D eigenvalue weighted by atomic mass is 10.1. The fraction of sp³-hybridized carbons (Fsp3) is 0.240. The molecule has 2 aliphatic heterocycles. The first-order chi connectivity index (χ1) is 16.3. The minimum absolute atomic E-state index is 0.113. The van der Waals surface area contributed by atoms with Crippen LogP contribution in [-0.4, -0.2) is 29.9 Å². The lowest BCUT2D eigenvalue weighted by molar-refractivity contribution is -0.137. The van der Waals surface area contributed by atoms with E-state index < -0.39 is 23.6 Å². The topological polar surface area (TPSA) is 65.5 Å². The highest BCUT2D eigenvalue weighted by Gasteiger charge is 2.34. The van der Waals surface area contributed by atoms with Gasteiger partial charge in [0.25, 0.3) is 11.8 Å². The lowest BCUT2D eigenvalue weighted by Gasteiger charge is -2.18. The highest BCUT2D eigenvalue weighted by atomic mass is 19.4. The number of amides is 2. The average Bonchev–Trinajstić information content (AvgIpc) is 3.48. The van der Waals surface area contributed by atoms with Crippen LogP contribution in [0.3, 0.4) is 0 Å². The zero-order valence-electron chi connectivity index (χ0n) is 18.1. The summed E-state index contributed by atoms with van der Waals surface area (Å²) in [5, 5.41) is 2.77. The van der Waals surface area contributed by atoms with Crippen molar-refractivity contribution in [3.05, 3.63) is 83.0 Å². The molecule has 1 fully saturated rings. The van der Waals surface area contributed by atoms with Crippen LogP contribution in [0.4, 0.5) is 30.4 Å². The molecule has 174 valence electrons. The Hall–Kier alpha value is -3.88. The molecule has 1 saturated heterocycles. The molecule has 9 heteroatoms. The van der Waals surface area contributed by atoms with Crippen LogP contribution in [0.25, 0.3) is 0 Å². The van der Waals surface area contributed by atoms with Crippen LogP contribution in [0.2, 0.25) is 0 Å². The molecule has 0 saturated carbocycles. The van der Waals surface area contributed by atoms with Crippen molar-refractivity contribution in [1.82, 2.24) is 4.98 Å². The molecule has 2 amide bonds. The van der Waals surface area contributed by atoms with Crippen molar-refractivity contribution in [3.63, 3.8) is 0 Å². The summed E-state index contributed by atoms with van der Waals surface area (Å²) in [4.78, 5) is 34.0. The van der Waals surface area contributed by atoms with Crippen LogP contribution in [0.1, 0.15) is 44.8 Å². The molecule has 1 N–H and O–H groups in total. The minimum Gasteiger partial charge on any atom is -0.357 e.